The van der Waals surface area contributed by atoms with Crippen LogP contribution in [-0.2, 0) is 30.8 Å². The standard InChI is InChI=1S/C23H28N2O7S/c1-16-13-25(14-17(2)32-16)33(28,29)21-6-4-5-19(11-21)23(27)31-15-22(26)24-12-18-7-9-20(30-3)10-8-18/h4-11,16-17H,12-15H2,1-3H3,(H,24,26). The molecule has 0 spiro atoms. The Balaban J connectivity index is 1.57. The van der Waals surface area contributed by atoms with E-state index in [1.165, 1.54) is 28.6 Å². The summed E-state index contributed by atoms with van der Waals surface area (Å²) in [6, 6.07) is 12.8. The number of methoxy groups -OCH3 is 1. The van der Waals surface area contributed by atoms with Gasteiger partial charge in [-0.05, 0) is 49.7 Å². The number of amides is 1. The Morgan fingerprint density at radius 1 is 1.09 bits per heavy atom. The summed E-state index contributed by atoms with van der Waals surface area (Å²) in [6.45, 7) is 3.87. The zero-order chi connectivity index (χ0) is 24.0. The lowest BCUT2D eigenvalue weighted by atomic mass is 10.2. The van der Waals surface area contributed by atoms with E-state index in [1.807, 2.05) is 26.0 Å². The van der Waals surface area contributed by atoms with Crippen molar-refractivity contribution < 1.29 is 32.2 Å². The SMILES string of the molecule is COc1ccc(CNC(=O)COC(=O)c2cccc(S(=O)(=O)N3CC(C)OC(C)C3)c2)cc1. The summed E-state index contributed by atoms with van der Waals surface area (Å²) in [4.78, 5) is 24.4. The van der Waals surface area contributed by atoms with Gasteiger partial charge < -0.3 is 19.5 Å². The molecule has 0 saturated carbocycles. The van der Waals surface area contributed by atoms with Crippen LogP contribution < -0.4 is 10.1 Å². The average Bonchev–Trinajstić information content (AvgIpc) is 2.81. The number of esters is 1. The van der Waals surface area contributed by atoms with Crippen molar-refractivity contribution in [3.8, 4) is 5.75 Å². The maximum Gasteiger partial charge on any atom is 0.338 e. The first-order valence-electron chi connectivity index (χ1n) is 10.5. The fourth-order valence-corrected chi connectivity index (χ4v) is 5.11. The Kier molecular flexibility index (Phi) is 8.06. The molecule has 0 bridgehead atoms. The first-order chi connectivity index (χ1) is 15.7. The third-order valence-electron chi connectivity index (χ3n) is 5.08. The Morgan fingerprint density at radius 2 is 1.76 bits per heavy atom. The fourth-order valence-electron chi connectivity index (χ4n) is 3.47. The molecule has 3 rings (SSSR count). The van der Waals surface area contributed by atoms with Gasteiger partial charge in [-0.3, -0.25) is 4.79 Å². The number of nitrogens with zero attached hydrogens (tertiary/aromatic N) is 1. The van der Waals surface area contributed by atoms with E-state index in [0.29, 0.717) is 5.75 Å². The first-order valence-corrected chi connectivity index (χ1v) is 12.0. The van der Waals surface area contributed by atoms with E-state index in [-0.39, 0.29) is 42.3 Å². The summed E-state index contributed by atoms with van der Waals surface area (Å²) in [5, 5.41) is 2.66. The molecule has 10 heteroatoms. The van der Waals surface area contributed by atoms with Crippen LogP contribution in [0.2, 0.25) is 0 Å². The Hall–Kier alpha value is -2.95. The smallest absolute Gasteiger partial charge is 0.338 e. The quantitative estimate of drug-likeness (QED) is 0.580. The van der Waals surface area contributed by atoms with Crippen LogP contribution in [-0.4, -0.2) is 63.6 Å². The molecule has 1 fully saturated rings. The van der Waals surface area contributed by atoms with Crippen molar-refractivity contribution in [1.82, 2.24) is 9.62 Å². The summed E-state index contributed by atoms with van der Waals surface area (Å²) >= 11 is 0. The van der Waals surface area contributed by atoms with Crippen LogP contribution in [0.5, 0.6) is 5.75 Å². The minimum absolute atomic E-state index is 0.0118. The lowest BCUT2D eigenvalue weighted by Gasteiger charge is -2.34. The van der Waals surface area contributed by atoms with Gasteiger partial charge in [0.1, 0.15) is 5.75 Å². The molecule has 1 N–H and O–H groups in total. The highest BCUT2D eigenvalue weighted by Crippen LogP contribution is 2.22. The molecule has 33 heavy (non-hydrogen) atoms. The fraction of sp³-hybridized carbons (Fsp3) is 0.391. The molecule has 178 valence electrons. The second-order valence-corrected chi connectivity index (χ2v) is 9.75. The number of carbonyl (C=O) groups excluding carboxylic acids is 2. The molecule has 0 radical (unpaired) electrons. The van der Waals surface area contributed by atoms with Crippen molar-refractivity contribution in [2.24, 2.45) is 0 Å². The minimum Gasteiger partial charge on any atom is -0.497 e. The molecule has 0 aromatic heterocycles. The number of benzene rings is 2. The predicted molar refractivity (Wildman–Crippen MR) is 120 cm³/mol. The highest BCUT2D eigenvalue weighted by molar-refractivity contribution is 7.89. The van der Waals surface area contributed by atoms with Crippen LogP contribution >= 0.6 is 0 Å². The van der Waals surface area contributed by atoms with Crippen molar-refractivity contribution in [1.29, 1.82) is 0 Å². The summed E-state index contributed by atoms with van der Waals surface area (Å²) in [7, 11) is -2.23. The summed E-state index contributed by atoms with van der Waals surface area (Å²) < 4.78 is 43.1. The molecule has 2 aromatic carbocycles. The van der Waals surface area contributed by atoms with Crippen LogP contribution in [0.25, 0.3) is 0 Å². The number of hydrogen-bond acceptors (Lipinski definition) is 7. The van der Waals surface area contributed by atoms with E-state index in [0.717, 1.165) is 5.56 Å². The lowest BCUT2D eigenvalue weighted by molar-refractivity contribution is -0.124. The van der Waals surface area contributed by atoms with E-state index in [1.54, 1.807) is 19.2 Å². The molecule has 1 aliphatic rings. The number of rotatable bonds is 8. The van der Waals surface area contributed by atoms with E-state index in [9.17, 15) is 18.0 Å². The van der Waals surface area contributed by atoms with Gasteiger partial charge in [-0.1, -0.05) is 18.2 Å². The highest BCUT2D eigenvalue weighted by Gasteiger charge is 2.32. The zero-order valence-electron chi connectivity index (χ0n) is 18.8. The highest BCUT2D eigenvalue weighted by atomic mass is 32.2. The molecular formula is C23H28N2O7S. The lowest BCUT2D eigenvalue weighted by Crippen LogP contribution is -2.48. The van der Waals surface area contributed by atoms with Gasteiger partial charge in [0, 0.05) is 19.6 Å². The van der Waals surface area contributed by atoms with E-state index in [2.05, 4.69) is 5.32 Å². The van der Waals surface area contributed by atoms with Crippen molar-refractivity contribution in [2.75, 3.05) is 26.8 Å². The zero-order valence-corrected chi connectivity index (χ0v) is 19.6. The second-order valence-electron chi connectivity index (χ2n) is 7.81. The Morgan fingerprint density at radius 3 is 2.39 bits per heavy atom. The van der Waals surface area contributed by atoms with Gasteiger partial charge >= 0.3 is 5.97 Å². The topological polar surface area (TPSA) is 111 Å². The summed E-state index contributed by atoms with van der Waals surface area (Å²) in [5.41, 5.74) is 0.911. The maximum atomic E-state index is 13.0. The minimum atomic E-state index is -3.80. The van der Waals surface area contributed by atoms with Crippen molar-refractivity contribution in [3.63, 3.8) is 0 Å². The molecule has 2 atom stereocenters. The van der Waals surface area contributed by atoms with Gasteiger partial charge in [-0.25, -0.2) is 13.2 Å². The number of nitrogens with one attached hydrogen (secondary N) is 1. The molecule has 1 amide bonds. The van der Waals surface area contributed by atoms with E-state index in [4.69, 9.17) is 14.2 Å². The largest absolute Gasteiger partial charge is 0.497 e. The summed E-state index contributed by atoms with van der Waals surface area (Å²) in [6.07, 6.45) is -0.457. The molecular weight excluding hydrogens is 448 g/mol. The monoisotopic (exact) mass is 476 g/mol. The molecule has 2 aromatic rings. The van der Waals surface area contributed by atoms with Gasteiger partial charge in [0.25, 0.3) is 5.91 Å². The molecule has 2 unspecified atom stereocenters. The number of ether oxygens (including phenoxy) is 3. The van der Waals surface area contributed by atoms with Gasteiger partial charge in [-0.2, -0.15) is 4.31 Å². The van der Waals surface area contributed by atoms with Gasteiger partial charge in [0.05, 0.1) is 29.8 Å². The first kappa shape index (κ1) is 24.7. The van der Waals surface area contributed by atoms with Crippen molar-refractivity contribution in [3.05, 3.63) is 59.7 Å². The number of sulfonamides is 1. The maximum absolute atomic E-state index is 13.0. The predicted octanol–water partition coefficient (Wildman–Crippen LogP) is 1.97. The Labute approximate surface area is 193 Å². The van der Waals surface area contributed by atoms with Crippen molar-refractivity contribution in [2.45, 2.75) is 37.5 Å². The van der Waals surface area contributed by atoms with Gasteiger partial charge in [0.2, 0.25) is 10.0 Å². The number of morpholine rings is 1. The average molecular weight is 477 g/mol. The number of carbonyl (C=O) groups is 2. The van der Waals surface area contributed by atoms with Crippen LogP contribution in [0.15, 0.2) is 53.4 Å². The van der Waals surface area contributed by atoms with Crippen molar-refractivity contribution >= 4 is 21.9 Å². The third kappa shape index (κ3) is 6.53. The Bertz CT molecular complexity index is 1080. The van der Waals surface area contributed by atoms with E-state index < -0.39 is 28.5 Å². The van der Waals surface area contributed by atoms with Gasteiger partial charge in [0.15, 0.2) is 6.61 Å². The van der Waals surface area contributed by atoms with Crippen LogP contribution in [0.1, 0.15) is 29.8 Å². The molecule has 1 saturated heterocycles. The van der Waals surface area contributed by atoms with Gasteiger partial charge in [-0.15, -0.1) is 0 Å². The molecule has 1 aliphatic heterocycles. The van der Waals surface area contributed by atoms with Crippen LogP contribution in [0, 0.1) is 0 Å². The van der Waals surface area contributed by atoms with Crippen LogP contribution in [0.3, 0.4) is 0 Å². The normalized spacial score (nSPS) is 19.0. The third-order valence-corrected chi connectivity index (χ3v) is 6.90. The van der Waals surface area contributed by atoms with Crippen LogP contribution in [0.4, 0.5) is 0 Å². The second kappa shape index (κ2) is 10.8. The number of hydrogen-bond donors (Lipinski definition) is 1. The molecule has 9 nitrogen and oxygen atoms in total. The molecule has 1 heterocycles. The summed E-state index contributed by atoms with van der Waals surface area (Å²) in [5.74, 6) is -0.546. The molecule has 0 aliphatic carbocycles. The van der Waals surface area contributed by atoms with E-state index >= 15 is 0 Å².